The van der Waals surface area contributed by atoms with Crippen LogP contribution in [0.4, 0.5) is 9.80 Å². The van der Waals surface area contributed by atoms with Crippen molar-refractivity contribution in [2.75, 3.05) is 19.0 Å². The van der Waals surface area contributed by atoms with Crippen LogP contribution in [-0.4, -0.2) is 61.3 Å². The molecule has 3 amide bonds. The molecule has 0 aliphatic carbocycles. The van der Waals surface area contributed by atoms with Gasteiger partial charge in [0.15, 0.2) is 0 Å². The molecule has 42 heavy (non-hydrogen) atoms. The highest BCUT2D eigenvalue weighted by atomic mass is 32.2. The highest BCUT2D eigenvalue weighted by molar-refractivity contribution is 7.89. The van der Waals surface area contributed by atoms with Gasteiger partial charge in [-0.1, -0.05) is 30.3 Å². The molecule has 4 rings (SSSR count). The van der Waals surface area contributed by atoms with Gasteiger partial charge in [0.2, 0.25) is 10.0 Å². The predicted octanol–water partition coefficient (Wildman–Crippen LogP) is 4.86. The van der Waals surface area contributed by atoms with Crippen LogP contribution in [0.3, 0.4) is 0 Å². The van der Waals surface area contributed by atoms with Crippen molar-refractivity contribution in [3.05, 3.63) is 81.7 Å². The number of sulfonamides is 1. The Morgan fingerprint density at radius 1 is 1.00 bits per heavy atom. The van der Waals surface area contributed by atoms with Crippen LogP contribution < -0.4 is 10.6 Å². The van der Waals surface area contributed by atoms with Crippen LogP contribution in [0, 0.1) is 0 Å². The Kier molecular flexibility index (Phi) is 9.82. The number of benzene rings is 2. The fourth-order valence-corrected chi connectivity index (χ4v) is 7.69. The summed E-state index contributed by atoms with van der Waals surface area (Å²) >= 11 is 1.30. The topological polar surface area (TPSA) is 125 Å². The number of nitrogens with one attached hydrogen (secondary N) is 2. The number of anilines is 1. The average molecular weight is 613 g/mol. The molecule has 0 radical (unpaired) electrons. The summed E-state index contributed by atoms with van der Waals surface area (Å²) < 4.78 is 33.0. The first-order valence-corrected chi connectivity index (χ1v) is 15.9. The SMILES string of the molecule is COC(=O)NC(=O)c1c(NC(=O)c2ccc(S(=O)(=O)N(Cc3ccccc3)C(C)C)cc2)sc2c1CCN(C(C)C)C2. The number of hydrogen-bond acceptors (Lipinski definition) is 8. The number of thiophene rings is 1. The fraction of sp³-hybridized carbons (Fsp3) is 0.367. The number of hydrogen-bond donors (Lipinski definition) is 2. The van der Waals surface area contributed by atoms with Gasteiger partial charge in [-0.25, -0.2) is 13.2 Å². The van der Waals surface area contributed by atoms with Crippen molar-refractivity contribution in [2.45, 2.75) is 64.2 Å². The molecule has 2 N–H and O–H groups in total. The summed E-state index contributed by atoms with van der Waals surface area (Å²) in [5.41, 5.74) is 2.13. The zero-order valence-corrected chi connectivity index (χ0v) is 26.0. The quantitative estimate of drug-likeness (QED) is 0.354. The van der Waals surface area contributed by atoms with Crippen molar-refractivity contribution in [1.29, 1.82) is 0 Å². The second-order valence-electron chi connectivity index (χ2n) is 10.6. The monoisotopic (exact) mass is 612 g/mol. The van der Waals surface area contributed by atoms with Crippen LogP contribution in [-0.2, 0) is 34.3 Å². The van der Waals surface area contributed by atoms with Crippen molar-refractivity contribution in [3.8, 4) is 0 Å². The van der Waals surface area contributed by atoms with E-state index < -0.39 is 27.9 Å². The minimum atomic E-state index is -3.84. The van der Waals surface area contributed by atoms with E-state index in [1.165, 1.54) is 47.0 Å². The molecule has 0 saturated heterocycles. The van der Waals surface area contributed by atoms with E-state index in [0.717, 1.165) is 22.5 Å². The molecule has 0 atom stereocenters. The summed E-state index contributed by atoms with van der Waals surface area (Å²) in [5.74, 6) is -1.16. The van der Waals surface area contributed by atoms with Crippen LogP contribution in [0.25, 0.3) is 0 Å². The molecule has 12 heteroatoms. The summed E-state index contributed by atoms with van der Waals surface area (Å²) in [6.07, 6.45) is -0.303. The van der Waals surface area contributed by atoms with E-state index in [2.05, 4.69) is 34.1 Å². The van der Waals surface area contributed by atoms with Gasteiger partial charge in [0.05, 0.1) is 17.6 Å². The minimum Gasteiger partial charge on any atom is -0.453 e. The average Bonchev–Trinajstić information content (AvgIpc) is 3.33. The number of carbonyl (C=O) groups is 3. The van der Waals surface area contributed by atoms with E-state index in [9.17, 15) is 22.8 Å². The van der Waals surface area contributed by atoms with Crippen LogP contribution in [0.15, 0.2) is 59.5 Å². The van der Waals surface area contributed by atoms with E-state index in [1.54, 1.807) is 0 Å². The first-order valence-electron chi connectivity index (χ1n) is 13.7. The zero-order chi connectivity index (χ0) is 30.6. The number of rotatable bonds is 9. The summed E-state index contributed by atoms with van der Waals surface area (Å²) in [5, 5.41) is 5.34. The lowest BCUT2D eigenvalue weighted by Crippen LogP contribution is -2.36. The number of nitrogens with zero attached hydrogens (tertiary/aromatic N) is 2. The normalized spacial score (nSPS) is 13.7. The molecular formula is C30H36N4O6S2. The van der Waals surface area contributed by atoms with Gasteiger partial charge in [-0.3, -0.25) is 19.8 Å². The van der Waals surface area contributed by atoms with Crippen molar-refractivity contribution in [2.24, 2.45) is 0 Å². The number of amides is 3. The largest absolute Gasteiger partial charge is 0.453 e. The molecule has 2 aromatic carbocycles. The number of carbonyl (C=O) groups excluding carboxylic acids is 3. The second-order valence-corrected chi connectivity index (χ2v) is 13.6. The van der Waals surface area contributed by atoms with Crippen LogP contribution in [0.2, 0.25) is 0 Å². The number of ether oxygens (including phenoxy) is 1. The van der Waals surface area contributed by atoms with E-state index in [4.69, 9.17) is 0 Å². The summed E-state index contributed by atoms with van der Waals surface area (Å²) in [6.45, 7) is 9.40. The molecule has 1 aliphatic rings. The number of methoxy groups -OCH3 is 1. The van der Waals surface area contributed by atoms with Gasteiger partial charge in [0, 0.05) is 42.2 Å². The van der Waals surface area contributed by atoms with Crippen LogP contribution in [0.5, 0.6) is 0 Å². The molecule has 0 fully saturated rings. The van der Waals surface area contributed by atoms with Gasteiger partial charge in [0.1, 0.15) is 5.00 Å². The summed E-state index contributed by atoms with van der Waals surface area (Å²) in [4.78, 5) is 41.4. The Hall–Kier alpha value is -3.58. The van der Waals surface area contributed by atoms with Crippen LogP contribution >= 0.6 is 11.3 Å². The Bertz CT molecular complexity index is 1550. The highest BCUT2D eigenvalue weighted by Crippen LogP contribution is 2.38. The Labute approximate surface area is 250 Å². The van der Waals surface area contributed by atoms with Gasteiger partial charge >= 0.3 is 6.09 Å². The molecule has 0 saturated carbocycles. The molecule has 3 aromatic rings. The van der Waals surface area contributed by atoms with E-state index in [1.807, 2.05) is 44.2 Å². The van der Waals surface area contributed by atoms with E-state index in [0.29, 0.717) is 24.0 Å². The Morgan fingerprint density at radius 2 is 1.67 bits per heavy atom. The van der Waals surface area contributed by atoms with Crippen molar-refractivity contribution in [3.63, 3.8) is 0 Å². The standard InChI is InChI=1S/C30H36N4O6S2/c1-19(2)33-16-15-24-25(18-33)41-29(26(24)28(36)32-30(37)40-5)31-27(35)22-11-13-23(14-12-22)42(38,39)34(20(3)4)17-21-9-7-6-8-10-21/h6-14,19-20H,15-18H2,1-5H3,(H,31,35)(H,32,36,37). The summed E-state index contributed by atoms with van der Waals surface area (Å²) in [7, 11) is -2.68. The molecule has 224 valence electrons. The predicted molar refractivity (Wildman–Crippen MR) is 162 cm³/mol. The molecule has 0 spiro atoms. The molecular weight excluding hydrogens is 576 g/mol. The molecule has 0 bridgehead atoms. The fourth-order valence-electron chi connectivity index (χ4n) is 4.80. The Balaban J connectivity index is 1.58. The first-order chi connectivity index (χ1) is 19.9. The highest BCUT2D eigenvalue weighted by Gasteiger charge is 2.31. The van der Waals surface area contributed by atoms with Gasteiger partial charge < -0.3 is 10.1 Å². The smallest absolute Gasteiger partial charge is 0.413 e. The third-order valence-electron chi connectivity index (χ3n) is 7.15. The van der Waals surface area contributed by atoms with Gasteiger partial charge in [0.25, 0.3) is 11.8 Å². The van der Waals surface area contributed by atoms with Crippen LogP contribution in [0.1, 0.15) is 64.4 Å². The minimum absolute atomic E-state index is 0.0715. The number of fused-ring (bicyclic) bond motifs is 1. The van der Waals surface area contributed by atoms with Crippen molar-refractivity contribution < 1.29 is 27.5 Å². The summed E-state index contributed by atoms with van der Waals surface area (Å²) in [6, 6.07) is 15.1. The van der Waals surface area contributed by atoms with Gasteiger partial charge in [-0.2, -0.15) is 4.31 Å². The molecule has 1 aromatic heterocycles. The molecule has 0 unspecified atom stereocenters. The van der Waals surface area contributed by atoms with E-state index >= 15 is 0 Å². The lowest BCUT2D eigenvalue weighted by Gasteiger charge is -2.30. The lowest BCUT2D eigenvalue weighted by atomic mass is 10.0. The maximum atomic E-state index is 13.5. The van der Waals surface area contributed by atoms with Crippen molar-refractivity contribution in [1.82, 2.24) is 14.5 Å². The van der Waals surface area contributed by atoms with Crippen molar-refractivity contribution >= 4 is 44.3 Å². The Morgan fingerprint density at radius 3 is 2.26 bits per heavy atom. The second kappa shape index (κ2) is 13.2. The zero-order valence-electron chi connectivity index (χ0n) is 24.3. The molecule has 10 nitrogen and oxygen atoms in total. The third kappa shape index (κ3) is 6.89. The number of imide groups is 1. The van der Waals surface area contributed by atoms with Gasteiger partial charge in [-0.15, -0.1) is 11.3 Å². The maximum Gasteiger partial charge on any atom is 0.413 e. The molecule has 2 heterocycles. The van der Waals surface area contributed by atoms with E-state index in [-0.39, 0.29) is 28.6 Å². The lowest BCUT2D eigenvalue weighted by molar-refractivity contribution is 0.0936. The third-order valence-corrected chi connectivity index (χ3v) is 10.3. The maximum absolute atomic E-state index is 13.5. The number of alkyl carbamates (subject to hydrolysis) is 1. The molecule has 1 aliphatic heterocycles. The van der Waals surface area contributed by atoms with Gasteiger partial charge in [-0.05, 0) is 69.5 Å². The first kappa shape index (κ1) is 31.4.